The summed E-state index contributed by atoms with van der Waals surface area (Å²) in [5, 5.41) is 0.831. The molecule has 0 fully saturated rings. The molecule has 3 heterocycles. The Bertz CT molecular complexity index is 1370. The Morgan fingerprint density at radius 3 is 2.69 bits per heavy atom. The highest BCUT2D eigenvalue weighted by Crippen LogP contribution is 2.39. The van der Waals surface area contributed by atoms with Gasteiger partial charge in [0.15, 0.2) is 6.61 Å². The van der Waals surface area contributed by atoms with E-state index in [0.717, 1.165) is 32.4 Å². The highest BCUT2D eigenvalue weighted by Gasteiger charge is 2.29. The van der Waals surface area contributed by atoms with Gasteiger partial charge in [-0.05, 0) is 42.8 Å². The second kappa shape index (κ2) is 9.68. The standard InChI is InChI=1S/C27H24N4O3S/c1-18-26(29-27(35-18)21-10-6-7-13-28-21)20-11-12-23-22(14-20)31(25(33)17-34-23)16-24(32)30(2)15-19-8-4-3-5-9-19/h3-14H,15-17H2,1-2H3. The number of pyridine rings is 1. The molecule has 1 aliphatic heterocycles. The number of rotatable bonds is 6. The minimum atomic E-state index is -0.250. The third kappa shape index (κ3) is 4.79. The van der Waals surface area contributed by atoms with Crippen molar-refractivity contribution in [2.24, 2.45) is 0 Å². The zero-order valence-electron chi connectivity index (χ0n) is 19.5. The Morgan fingerprint density at radius 2 is 1.91 bits per heavy atom. The minimum absolute atomic E-state index is 0.0583. The number of ether oxygens (including phenoxy) is 1. The number of amides is 2. The molecule has 4 aromatic rings. The van der Waals surface area contributed by atoms with Gasteiger partial charge in [0, 0.05) is 30.2 Å². The minimum Gasteiger partial charge on any atom is -0.482 e. The molecule has 0 saturated carbocycles. The highest BCUT2D eigenvalue weighted by molar-refractivity contribution is 7.15. The van der Waals surface area contributed by atoms with Crippen molar-refractivity contribution < 1.29 is 14.3 Å². The number of carbonyl (C=O) groups is 2. The summed E-state index contributed by atoms with van der Waals surface area (Å²) in [6, 6.07) is 21.1. The number of thiazole rings is 1. The summed E-state index contributed by atoms with van der Waals surface area (Å²) in [6.07, 6.45) is 1.75. The van der Waals surface area contributed by atoms with Gasteiger partial charge in [0.2, 0.25) is 5.91 Å². The molecular formula is C27H24N4O3S. The summed E-state index contributed by atoms with van der Waals surface area (Å²) in [5.41, 5.74) is 4.10. The van der Waals surface area contributed by atoms with E-state index in [-0.39, 0.29) is 25.0 Å². The predicted octanol–water partition coefficient (Wildman–Crippen LogP) is 4.56. The number of aromatic nitrogens is 2. The molecule has 0 N–H and O–H groups in total. The molecule has 0 bridgehead atoms. The first kappa shape index (κ1) is 22.7. The van der Waals surface area contributed by atoms with Crippen molar-refractivity contribution in [3.8, 4) is 27.7 Å². The molecule has 2 aromatic carbocycles. The van der Waals surface area contributed by atoms with Gasteiger partial charge in [0.05, 0.1) is 17.1 Å². The van der Waals surface area contributed by atoms with Gasteiger partial charge in [0.1, 0.15) is 17.3 Å². The summed E-state index contributed by atoms with van der Waals surface area (Å²) in [6.45, 7) is 2.33. The highest BCUT2D eigenvalue weighted by atomic mass is 32.1. The number of hydrogen-bond acceptors (Lipinski definition) is 6. The maximum Gasteiger partial charge on any atom is 0.265 e. The van der Waals surface area contributed by atoms with Crippen molar-refractivity contribution >= 4 is 28.8 Å². The van der Waals surface area contributed by atoms with Crippen molar-refractivity contribution in [2.75, 3.05) is 25.1 Å². The molecule has 0 atom stereocenters. The van der Waals surface area contributed by atoms with Gasteiger partial charge >= 0.3 is 0 Å². The van der Waals surface area contributed by atoms with Gasteiger partial charge in [-0.2, -0.15) is 0 Å². The Kier molecular flexibility index (Phi) is 6.29. The molecule has 35 heavy (non-hydrogen) atoms. The fourth-order valence-corrected chi connectivity index (χ4v) is 4.90. The third-order valence-electron chi connectivity index (χ3n) is 5.84. The predicted molar refractivity (Wildman–Crippen MR) is 136 cm³/mol. The van der Waals surface area contributed by atoms with Crippen LogP contribution in [0.3, 0.4) is 0 Å². The molecule has 176 valence electrons. The van der Waals surface area contributed by atoms with Crippen LogP contribution in [0.15, 0.2) is 72.9 Å². The third-order valence-corrected chi connectivity index (χ3v) is 6.83. The number of hydrogen-bond donors (Lipinski definition) is 0. The number of benzene rings is 2. The van der Waals surface area contributed by atoms with E-state index in [1.54, 1.807) is 29.5 Å². The Hall–Kier alpha value is -4.04. The quantitative estimate of drug-likeness (QED) is 0.401. The fraction of sp³-hybridized carbons (Fsp3) is 0.185. The molecule has 2 aromatic heterocycles. The van der Waals surface area contributed by atoms with Crippen LogP contribution in [0.25, 0.3) is 22.0 Å². The number of carbonyl (C=O) groups excluding carboxylic acids is 2. The molecule has 0 unspecified atom stereocenters. The first-order chi connectivity index (χ1) is 17.0. The molecule has 2 amide bonds. The van der Waals surface area contributed by atoms with Crippen molar-refractivity contribution in [3.05, 3.63) is 83.4 Å². The number of likely N-dealkylation sites (N-methyl/N-ethyl adjacent to an activating group) is 1. The van der Waals surface area contributed by atoms with Crippen LogP contribution in [0.4, 0.5) is 5.69 Å². The normalized spacial score (nSPS) is 12.7. The smallest absolute Gasteiger partial charge is 0.265 e. The monoisotopic (exact) mass is 484 g/mol. The average molecular weight is 485 g/mol. The van der Waals surface area contributed by atoms with Gasteiger partial charge in [-0.25, -0.2) is 4.98 Å². The van der Waals surface area contributed by atoms with E-state index < -0.39 is 0 Å². The fourth-order valence-electron chi connectivity index (χ4n) is 3.99. The van der Waals surface area contributed by atoms with E-state index in [1.165, 1.54) is 4.90 Å². The van der Waals surface area contributed by atoms with Crippen LogP contribution in [0.2, 0.25) is 0 Å². The van der Waals surface area contributed by atoms with E-state index in [9.17, 15) is 9.59 Å². The average Bonchev–Trinajstić information content (AvgIpc) is 3.28. The zero-order chi connectivity index (χ0) is 24.4. The maximum absolute atomic E-state index is 13.0. The second-order valence-electron chi connectivity index (χ2n) is 8.33. The summed E-state index contributed by atoms with van der Waals surface area (Å²) in [7, 11) is 1.75. The van der Waals surface area contributed by atoms with Crippen molar-refractivity contribution in [1.82, 2.24) is 14.9 Å². The maximum atomic E-state index is 13.0. The lowest BCUT2D eigenvalue weighted by Crippen LogP contribution is -2.45. The zero-order valence-corrected chi connectivity index (χ0v) is 20.3. The Morgan fingerprint density at radius 1 is 1.11 bits per heavy atom. The second-order valence-corrected chi connectivity index (χ2v) is 9.53. The molecule has 0 saturated heterocycles. The summed E-state index contributed by atoms with van der Waals surface area (Å²) in [5.74, 6) is 0.174. The van der Waals surface area contributed by atoms with E-state index in [2.05, 4.69) is 4.98 Å². The van der Waals surface area contributed by atoms with E-state index in [0.29, 0.717) is 18.0 Å². The molecule has 5 rings (SSSR count). The van der Waals surface area contributed by atoms with Crippen LogP contribution in [-0.4, -0.2) is 46.9 Å². The molecule has 0 radical (unpaired) electrons. The van der Waals surface area contributed by atoms with Crippen LogP contribution >= 0.6 is 11.3 Å². The first-order valence-electron chi connectivity index (χ1n) is 11.2. The molecule has 7 nitrogen and oxygen atoms in total. The van der Waals surface area contributed by atoms with E-state index in [1.807, 2.05) is 73.7 Å². The van der Waals surface area contributed by atoms with Crippen LogP contribution in [-0.2, 0) is 16.1 Å². The van der Waals surface area contributed by atoms with Gasteiger partial charge in [-0.15, -0.1) is 11.3 Å². The van der Waals surface area contributed by atoms with Crippen molar-refractivity contribution in [1.29, 1.82) is 0 Å². The molecule has 0 spiro atoms. The number of aryl methyl sites for hydroxylation is 1. The lowest BCUT2D eigenvalue weighted by Gasteiger charge is -2.30. The number of nitrogens with zero attached hydrogens (tertiary/aromatic N) is 4. The topological polar surface area (TPSA) is 75.6 Å². The lowest BCUT2D eigenvalue weighted by atomic mass is 10.1. The summed E-state index contributed by atoms with van der Waals surface area (Å²) < 4.78 is 5.66. The van der Waals surface area contributed by atoms with Gasteiger partial charge < -0.3 is 9.64 Å². The van der Waals surface area contributed by atoms with Crippen LogP contribution in [0, 0.1) is 6.92 Å². The van der Waals surface area contributed by atoms with Gasteiger partial charge in [0.25, 0.3) is 5.91 Å². The van der Waals surface area contributed by atoms with Gasteiger partial charge in [-0.3, -0.25) is 19.5 Å². The van der Waals surface area contributed by atoms with Gasteiger partial charge in [-0.1, -0.05) is 36.4 Å². The van der Waals surface area contributed by atoms with Crippen molar-refractivity contribution in [2.45, 2.75) is 13.5 Å². The molecular weight excluding hydrogens is 460 g/mol. The summed E-state index contributed by atoms with van der Waals surface area (Å²) >= 11 is 1.57. The van der Waals surface area contributed by atoms with Crippen LogP contribution in [0.1, 0.15) is 10.4 Å². The molecule has 8 heteroatoms. The Balaban J connectivity index is 1.41. The van der Waals surface area contributed by atoms with E-state index >= 15 is 0 Å². The summed E-state index contributed by atoms with van der Waals surface area (Å²) in [4.78, 5) is 39.2. The van der Waals surface area contributed by atoms with E-state index in [4.69, 9.17) is 9.72 Å². The number of anilines is 1. The van der Waals surface area contributed by atoms with Crippen LogP contribution < -0.4 is 9.64 Å². The van der Waals surface area contributed by atoms with Crippen molar-refractivity contribution in [3.63, 3.8) is 0 Å². The molecule has 1 aliphatic rings. The number of fused-ring (bicyclic) bond motifs is 1. The first-order valence-corrected chi connectivity index (χ1v) is 12.1. The molecule has 0 aliphatic carbocycles. The van der Waals surface area contributed by atoms with Crippen LogP contribution in [0.5, 0.6) is 5.75 Å². The Labute approximate surface area is 207 Å². The lowest BCUT2D eigenvalue weighted by molar-refractivity contribution is -0.131. The largest absolute Gasteiger partial charge is 0.482 e. The SMILES string of the molecule is Cc1sc(-c2ccccn2)nc1-c1ccc2c(c1)N(CC(=O)N(C)Cc1ccccc1)C(=O)CO2.